The number of anilines is 1. The van der Waals surface area contributed by atoms with Gasteiger partial charge >= 0.3 is 5.97 Å². The van der Waals surface area contributed by atoms with Crippen LogP contribution in [0.5, 0.6) is 0 Å². The van der Waals surface area contributed by atoms with Crippen molar-refractivity contribution in [3.8, 4) is 0 Å². The molecule has 0 saturated heterocycles. The molecular formula is C8H8BrNO3S. The van der Waals surface area contributed by atoms with E-state index in [1.807, 2.05) is 0 Å². The highest BCUT2D eigenvalue weighted by Gasteiger charge is 2.16. The zero-order chi connectivity index (χ0) is 10.7. The highest BCUT2D eigenvalue weighted by Crippen LogP contribution is 2.32. The maximum Gasteiger partial charge on any atom is 0.340 e. The number of esters is 1. The van der Waals surface area contributed by atoms with E-state index in [9.17, 15) is 9.59 Å². The maximum absolute atomic E-state index is 11.2. The van der Waals surface area contributed by atoms with Gasteiger partial charge in [0.25, 0.3) is 0 Å². The van der Waals surface area contributed by atoms with Gasteiger partial charge in [0.2, 0.25) is 5.91 Å². The Balaban J connectivity index is 3.02. The molecule has 1 heterocycles. The molecule has 0 bridgehead atoms. The molecule has 0 aromatic carbocycles. The Morgan fingerprint density at radius 1 is 1.57 bits per heavy atom. The largest absolute Gasteiger partial charge is 0.465 e. The molecular weight excluding hydrogens is 270 g/mol. The van der Waals surface area contributed by atoms with Crippen molar-refractivity contribution >= 4 is 44.1 Å². The van der Waals surface area contributed by atoms with Gasteiger partial charge in [-0.25, -0.2) is 4.79 Å². The van der Waals surface area contributed by atoms with Gasteiger partial charge in [-0.05, 0) is 22.0 Å². The Kier molecular flexibility index (Phi) is 3.65. The maximum atomic E-state index is 11.2. The van der Waals surface area contributed by atoms with E-state index >= 15 is 0 Å². The van der Waals surface area contributed by atoms with Crippen molar-refractivity contribution in [1.82, 2.24) is 0 Å². The quantitative estimate of drug-likeness (QED) is 0.844. The van der Waals surface area contributed by atoms with E-state index in [-0.39, 0.29) is 5.91 Å². The average molecular weight is 278 g/mol. The fourth-order valence-corrected chi connectivity index (χ4v) is 2.41. The molecule has 0 aliphatic rings. The summed E-state index contributed by atoms with van der Waals surface area (Å²) in [6.07, 6.45) is 0. The zero-order valence-corrected chi connectivity index (χ0v) is 9.99. The standard InChI is InChI=1S/C8H8BrNO3S/c1-4(11)10-7-5(8(12)13-2)3-6(9)14-7/h3H,1-2H3,(H,10,11). The summed E-state index contributed by atoms with van der Waals surface area (Å²) in [7, 11) is 1.30. The van der Waals surface area contributed by atoms with Crippen molar-refractivity contribution in [2.75, 3.05) is 12.4 Å². The van der Waals surface area contributed by atoms with Gasteiger partial charge < -0.3 is 10.1 Å². The first kappa shape index (κ1) is 11.2. The van der Waals surface area contributed by atoms with Gasteiger partial charge in [0.05, 0.1) is 16.5 Å². The van der Waals surface area contributed by atoms with Gasteiger partial charge in [-0.2, -0.15) is 0 Å². The molecule has 4 nitrogen and oxygen atoms in total. The molecule has 0 saturated carbocycles. The van der Waals surface area contributed by atoms with Crippen LogP contribution in [0.3, 0.4) is 0 Å². The Morgan fingerprint density at radius 3 is 2.71 bits per heavy atom. The summed E-state index contributed by atoms with van der Waals surface area (Å²) < 4.78 is 5.33. The second kappa shape index (κ2) is 4.56. The minimum absolute atomic E-state index is 0.218. The van der Waals surface area contributed by atoms with Gasteiger partial charge in [-0.3, -0.25) is 4.79 Å². The lowest BCUT2D eigenvalue weighted by Crippen LogP contribution is -2.09. The molecule has 1 aromatic rings. The number of thiophene rings is 1. The predicted molar refractivity (Wildman–Crippen MR) is 57.7 cm³/mol. The van der Waals surface area contributed by atoms with Crippen LogP contribution in [-0.2, 0) is 9.53 Å². The fraction of sp³-hybridized carbons (Fsp3) is 0.250. The molecule has 6 heteroatoms. The smallest absolute Gasteiger partial charge is 0.340 e. The van der Waals surface area contributed by atoms with Gasteiger partial charge in [0, 0.05) is 6.92 Å². The van der Waals surface area contributed by atoms with Crippen LogP contribution in [0, 0.1) is 0 Å². The summed E-state index contributed by atoms with van der Waals surface area (Å²) in [5.74, 6) is -0.680. The molecule has 0 fully saturated rings. The Hall–Kier alpha value is -0.880. The van der Waals surface area contributed by atoms with Gasteiger partial charge in [-0.15, -0.1) is 11.3 Å². The van der Waals surface area contributed by atoms with E-state index in [1.165, 1.54) is 25.4 Å². The van der Waals surface area contributed by atoms with Crippen LogP contribution in [0.25, 0.3) is 0 Å². The lowest BCUT2D eigenvalue weighted by molar-refractivity contribution is -0.114. The number of rotatable bonds is 2. The molecule has 1 amide bonds. The summed E-state index contributed by atoms with van der Waals surface area (Å²) in [5.41, 5.74) is 0.361. The lowest BCUT2D eigenvalue weighted by Gasteiger charge is -2.01. The lowest BCUT2D eigenvalue weighted by atomic mass is 10.3. The van der Waals surface area contributed by atoms with Gasteiger partial charge in [-0.1, -0.05) is 0 Å². The zero-order valence-electron chi connectivity index (χ0n) is 7.59. The number of halogens is 1. The summed E-state index contributed by atoms with van der Waals surface area (Å²) >= 11 is 4.50. The van der Waals surface area contributed by atoms with Crippen LogP contribution in [0.4, 0.5) is 5.00 Å². The summed E-state index contributed by atoms with van der Waals surface area (Å²) in [4.78, 5) is 22.1. The van der Waals surface area contributed by atoms with Crippen LogP contribution >= 0.6 is 27.3 Å². The van der Waals surface area contributed by atoms with Crippen LogP contribution < -0.4 is 5.32 Å². The van der Waals surface area contributed by atoms with Gasteiger partial charge in [0.1, 0.15) is 5.00 Å². The number of methoxy groups -OCH3 is 1. The molecule has 0 aliphatic heterocycles. The van der Waals surface area contributed by atoms with Crippen molar-refractivity contribution in [3.05, 3.63) is 15.4 Å². The average Bonchev–Trinajstić information content (AvgIpc) is 2.44. The van der Waals surface area contributed by atoms with Crippen LogP contribution in [0.1, 0.15) is 17.3 Å². The summed E-state index contributed by atoms with van der Waals surface area (Å²) in [6.45, 7) is 1.38. The van der Waals surface area contributed by atoms with Crippen LogP contribution in [0.15, 0.2) is 9.85 Å². The molecule has 1 aromatic heterocycles. The normalized spacial score (nSPS) is 9.64. The summed E-state index contributed by atoms with van der Waals surface area (Å²) in [5, 5.41) is 3.05. The Morgan fingerprint density at radius 2 is 2.21 bits per heavy atom. The first-order valence-corrected chi connectivity index (χ1v) is 5.30. The molecule has 0 spiro atoms. The van der Waals surface area contributed by atoms with E-state index in [0.29, 0.717) is 10.6 Å². The minimum atomic E-state index is -0.462. The number of ether oxygens (including phenoxy) is 1. The fourth-order valence-electron chi connectivity index (χ4n) is 0.875. The van der Waals surface area contributed by atoms with Crippen LogP contribution in [-0.4, -0.2) is 19.0 Å². The van der Waals surface area contributed by atoms with E-state index in [2.05, 4.69) is 26.0 Å². The molecule has 0 aliphatic carbocycles. The minimum Gasteiger partial charge on any atom is -0.465 e. The Labute approximate surface area is 93.4 Å². The van der Waals surface area contributed by atoms with Crippen molar-refractivity contribution in [2.45, 2.75) is 6.92 Å². The first-order valence-electron chi connectivity index (χ1n) is 3.70. The van der Waals surface area contributed by atoms with Crippen molar-refractivity contribution in [2.24, 2.45) is 0 Å². The highest BCUT2D eigenvalue weighted by atomic mass is 79.9. The monoisotopic (exact) mass is 277 g/mol. The third-order valence-corrected chi connectivity index (χ3v) is 2.95. The number of nitrogens with one attached hydrogen (secondary N) is 1. The number of carbonyl (C=O) groups is 2. The van der Waals surface area contributed by atoms with E-state index in [1.54, 1.807) is 6.07 Å². The van der Waals surface area contributed by atoms with E-state index < -0.39 is 5.97 Å². The topological polar surface area (TPSA) is 55.4 Å². The number of hydrogen-bond acceptors (Lipinski definition) is 4. The van der Waals surface area contributed by atoms with Crippen molar-refractivity contribution in [3.63, 3.8) is 0 Å². The molecule has 14 heavy (non-hydrogen) atoms. The second-order valence-corrected chi connectivity index (χ2v) is 4.90. The van der Waals surface area contributed by atoms with Crippen molar-refractivity contribution < 1.29 is 14.3 Å². The summed E-state index contributed by atoms with van der Waals surface area (Å²) in [6, 6.07) is 1.61. The molecule has 76 valence electrons. The number of hydrogen-bond donors (Lipinski definition) is 1. The number of amides is 1. The highest BCUT2D eigenvalue weighted by molar-refractivity contribution is 9.11. The second-order valence-electron chi connectivity index (χ2n) is 2.47. The third-order valence-electron chi connectivity index (χ3n) is 1.40. The molecule has 0 atom stereocenters. The molecule has 0 radical (unpaired) electrons. The van der Waals surface area contributed by atoms with Gasteiger partial charge in [0.15, 0.2) is 0 Å². The molecule has 0 unspecified atom stereocenters. The van der Waals surface area contributed by atoms with Crippen molar-refractivity contribution in [1.29, 1.82) is 0 Å². The van der Waals surface area contributed by atoms with E-state index in [0.717, 1.165) is 3.79 Å². The molecule has 1 N–H and O–H groups in total. The number of carbonyl (C=O) groups excluding carboxylic acids is 2. The third kappa shape index (κ3) is 2.55. The first-order chi connectivity index (χ1) is 6.54. The Bertz CT molecular complexity index is 375. The predicted octanol–water partition coefficient (Wildman–Crippen LogP) is 2.26. The molecule has 1 rings (SSSR count). The SMILES string of the molecule is COC(=O)c1cc(Br)sc1NC(C)=O. The van der Waals surface area contributed by atoms with E-state index in [4.69, 9.17) is 0 Å². The van der Waals surface area contributed by atoms with Crippen LogP contribution in [0.2, 0.25) is 0 Å².